The van der Waals surface area contributed by atoms with E-state index in [1.807, 2.05) is 0 Å². The highest BCUT2D eigenvalue weighted by Crippen LogP contribution is 2.32. The summed E-state index contributed by atoms with van der Waals surface area (Å²) in [4.78, 5) is 0. The highest BCUT2D eigenvalue weighted by molar-refractivity contribution is 4.91. The third kappa shape index (κ3) is 1.07. The molecular weight excluding hydrogens is 122 g/mol. The Morgan fingerprint density at radius 2 is 1.80 bits per heavy atom. The zero-order valence-electron chi connectivity index (χ0n) is 6.77. The molecule has 0 amide bonds. The van der Waals surface area contributed by atoms with Gasteiger partial charge in [-0.25, -0.2) is 0 Å². The third-order valence-corrected chi connectivity index (χ3v) is 3.15. The maximum atomic E-state index is 3.65. The van der Waals surface area contributed by atoms with Crippen molar-refractivity contribution in [3.05, 3.63) is 0 Å². The quantitative estimate of drug-likeness (QED) is 0.585. The third-order valence-electron chi connectivity index (χ3n) is 3.15. The number of hydrogen-bond acceptors (Lipinski definition) is 1. The predicted octanol–water partition coefficient (Wildman–Crippen LogP) is 1.93. The number of hydrogen-bond donors (Lipinski definition) is 1. The van der Waals surface area contributed by atoms with Crippen molar-refractivity contribution < 1.29 is 0 Å². The molecule has 58 valence electrons. The Hall–Kier alpha value is -0.0400. The molecule has 1 unspecified atom stereocenters. The van der Waals surface area contributed by atoms with E-state index < -0.39 is 0 Å². The van der Waals surface area contributed by atoms with E-state index in [1.54, 1.807) is 0 Å². The van der Waals surface area contributed by atoms with Gasteiger partial charge in [0.25, 0.3) is 0 Å². The van der Waals surface area contributed by atoms with Gasteiger partial charge >= 0.3 is 0 Å². The average molecular weight is 139 g/mol. The van der Waals surface area contributed by atoms with Crippen molar-refractivity contribution in [2.45, 2.75) is 51.1 Å². The Morgan fingerprint density at radius 3 is 2.30 bits per heavy atom. The van der Waals surface area contributed by atoms with Crippen LogP contribution in [-0.4, -0.2) is 12.1 Å². The van der Waals surface area contributed by atoms with E-state index in [1.165, 1.54) is 32.1 Å². The van der Waals surface area contributed by atoms with Crippen molar-refractivity contribution in [3.8, 4) is 0 Å². The van der Waals surface area contributed by atoms with Gasteiger partial charge in [-0.2, -0.15) is 0 Å². The van der Waals surface area contributed by atoms with Gasteiger partial charge in [0.1, 0.15) is 0 Å². The molecule has 3 atom stereocenters. The first-order chi connectivity index (χ1) is 4.88. The molecule has 2 aliphatic rings. The van der Waals surface area contributed by atoms with E-state index >= 15 is 0 Å². The fourth-order valence-electron chi connectivity index (χ4n) is 2.51. The molecule has 2 heterocycles. The average Bonchev–Trinajstić information content (AvgIpc) is 2.30. The minimum absolute atomic E-state index is 0.892. The topological polar surface area (TPSA) is 12.0 Å². The van der Waals surface area contributed by atoms with Gasteiger partial charge < -0.3 is 5.32 Å². The number of rotatable bonds is 1. The second-order valence-electron chi connectivity index (χ2n) is 3.88. The molecular formula is C9H17N. The minimum Gasteiger partial charge on any atom is -0.311 e. The lowest BCUT2D eigenvalue weighted by Crippen LogP contribution is -2.37. The standard InChI is InChI=1S/C9H17N/c1-2-7-5-8-3-4-9(6-7)10-8/h7-10H,2-6H2,1H3/t7?,8-,9+. The summed E-state index contributed by atoms with van der Waals surface area (Å²) in [6.07, 6.45) is 7.19. The molecule has 0 aromatic carbocycles. The van der Waals surface area contributed by atoms with Gasteiger partial charge in [0.2, 0.25) is 0 Å². The van der Waals surface area contributed by atoms with Gasteiger partial charge in [0.05, 0.1) is 0 Å². The Morgan fingerprint density at radius 1 is 1.20 bits per heavy atom. The summed E-state index contributed by atoms with van der Waals surface area (Å²) in [5, 5.41) is 3.65. The van der Waals surface area contributed by atoms with E-state index in [-0.39, 0.29) is 0 Å². The van der Waals surface area contributed by atoms with Crippen molar-refractivity contribution in [1.29, 1.82) is 0 Å². The lowest BCUT2D eigenvalue weighted by molar-refractivity contribution is 0.293. The summed E-state index contributed by atoms with van der Waals surface area (Å²) in [6, 6.07) is 1.78. The normalized spacial score (nSPS) is 45.9. The molecule has 1 heteroatoms. The van der Waals surface area contributed by atoms with Crippen molar-refractivity contribution >= 4 is 0 Å². The molecule has 2 rings (SSSR count). The van der Waals surface area contributed by atoms with E-state index in [4.69, 9.17) is 0 Å². The Labute approximate surface area is 63.2 Å². The molecule has 2 bridgehead atoms. The zero-order chi connectivity index (χ0) is 6.97. The maximum Gasteiger partial charge on any atom is 0.00728 e. The first-order valence-electron chi connectivity index (χ1n) is 4.64. The van der Waals surface area contributed by atoms with Crippen LogP contribution in [0.1, 0.15) is 39.0 Å². The summed E-state index contributed by atoms with van der Waals surface area (Å²) in [7, 11) is 0. The van der Waals surface area contributed by atoms with Crippen LogP contribution in [0.5, 0.6) is 0 Å². The SMILES string of the molecule is CCC1C[C@H]2CC[C@@H](C1)N2. The van der Waals surface area contributed by atoms with Crippen molar-refractivity contribution in [3.63, 3.8) is 0 Å². The number of nitrogens with one attached hydrogen (secondary N) is 1. The molecule has 0 aromatic rings. The smallest absolute Gasteiger partial charge is 0.00728 e. The molecule has 1 nitrogen and oxygen atoms in total. The van der Waals surface area contributed by atoms with Gasteiger partial charge in [0.15, 0.2) is 0 Å². The van der Waals surface area contributed by atoms with Gasteiger partial charge in [-0.15, -0.1) is 0 Å². The van der Waals surface area contributed by atoms with Crippen LogP contribution in [0, 0.1) is 5.92 Å². The molecule has 2 aliphatic heterocycles. The Kier molecular flexibility index (Phi) is 1.69. The van der Waals surface area contributed by atoms with Crippen LogP contribution in [-0.2, 0) is 0 Å². The zero-order valence-corrected chi connectivity index (χ0v) is 6.77. The molecule has 1 N–H and O–H groups in total. The molecule has 2 fully saturated rings. The highest BCUT2D eigenvalue weighted by Gasteiger charge is 2.32. The monoisotopic (exact) mass is 139 g/mol. The van der Waals surface area contributed by atoms with Crippen LogP contribution in [0.2, 0.25) is 0 Å². The second-order valence-corrected chi connectivity index (χ2v) is 3.88. The first-order valence-corrected chi connectivity index (χ1v) is 4.64. The molecule has 0 saturated carbocycles. The van der Waals surface area contributed by atoms with Gasteiger partial charge in [-0.05, 0) is 31.6 Å². The molecule has 2 saturated heterocycles. The first kappa shape index (κ1) is 6.66. The predicted molar refractivity (Wildman–Crippen MR) is 43.0 cm³/mol. The maximum absolute atomic E-state index is 3.65. The van der Waals surface area contributed by atoms with Crippen LogP contribution in [0.25, 0.3) is 0 Å². The molecule has 0 aromatic heterocycles. The van der Waals surface area contributed by atoms with E-state index in [0.717, 1.165) is 18.0 Å². The van der Waals surface area contributed by atoms with E-state index in [2.05, 4.69) is 12.2 Å². The summed E-state index contributed by atoms with van der Waals surface area (Å²) in [5.41, 5.74) is 0. The van der Waals surface area contributed by atoms with Gasteiger partial charge in [-0.1, -0.05) is 13.3 Å². The van der Waals surface area contributed by atoms with Crippen molar-refractivity contribution in [2.75, 3.05) is 0 Å². The molecule has 0 aliphatic carbocycles. The summed E-state index contributed by atoms with van der Waals surface area (Å²) in [6.45, 7) is 2.33. The second kappa shape index (κ2) is 2.54. The summed E-state index contributed by atoms with van der Waals surface area (Å²) in [5.74, 6) is 1.04. The van der Waals surface area contributed by atoms with Gasteiger partial charge in [-0.3, -0.25) is 0 Å². The molecule has 0 spiro atoms. The summed E-state index contributed by atoms with van der Waals surface area (Å²) >= 11 is 0. The largest absolute Gasteiger partial charge is 0.311 e. The number of piperidine rings is 1. The lowest BCUT2D eigenvalue weighted by atomic mass is 9.90. The van der Waals surface area contributed by atoms with Crippen LogP contribution in [0.15, 0.2) is 0 Å². The van der Waals surface area contributed by atoms with E-state index in [9.17, 15) is 0 Å². The van der Waals surface area contributed by atoms with Crippen molar-refractivity contribution in [2.24, 2.45) is 5.92 Å². The number of fused-ring (bicyclic) bond motifs is 2. The highest BCUT2D eigenvalue weighted by atomic mass is 15.0. The van der Waals surface area contributed by atoms with Crippen molar-refractivity contribution in [1.82, 2.24) is 5.32 Å². The Bertz CT molecular complexity index is 110. The minimum atomic E-state index is 0.892. The fraction of sp³-hybridized carbons (Fsp3) is 1.00. The Balaban J connectivity index is 1.96. The fourth-order valence-corrected chi connectivity index (χ4v) is 2.51. The van der Waals surface area contributed by atoms with Crippen LogP contribution in [0.4, 0.5) is 0 Å². The summed E-state index contributed by atoms with van der Waals surface area (Å²) < 4.78 is 0. The van der Waals surface area contributed by atoms with Crippen LogP contribution < -0.4 is 5.32 Å². The van der Waals surface area contributed by atoms with Crippen LogP contribution in [0.3, 0.4) is 0 Å². The lowest BCUT2D eigenvalue weighted by Gasteiger charge is -2.27. The van der Waals surface area contributed by atoms with Gasteiger partial charge in [0, 0.05) is 12.1 Å². The van der Waals surface area contributed by atoms with E-state index in [0.29, 0.717) is 0 Å². The molecule has 10 heavy (non-hydrogen) atoms. The van der Waals surface area contributed by atoms with Crippen LogP contribution >= 0.6 is 0 Å². The molecule has 0 radical (unpaired) electrons.